The molecule has 0 spiro atoms. The van der Waals surface area contributed by atoms with E-state index in [9.17, 15) is 22.8 Å². The van der Waals surface area contributed by atoms with Crippen LogP contribution in [0.25, 0.3) is 5.69 Å². The number of ketones is 1. The van der Waals surface area contributed by atoms with Crippen LogP contribution < -0.4 is 11.1 Å². The number of nitrogens with two attached hydrogens (primary N) is 1. The van der Waals surface area contributed by atoms with Gasteiger partial charge in [-0.25, -0.2) is 4.68 Å². The fourth-order valence-electron chi connectivity index (χ4n) is 3.24. The third-order valence-electron chi connectivity index (χ3n) is 4.92. The van der Waals surface area contributed by atoms with Gasteiger partial charge in [0.05, 0.1) is 5.69 Å². The van der Waals surface area contributed by atoms with Gasteiger partial charge in [0.25, 0.3) is 5.91 Å². The average Bonchev–Trinajstić information content (AvgIpc) is 3.29. The highest BCUT2D eigenvalue weighted by molar-refractivity contribution is 6.10. The minimum absolute atomic E-state index is 0.173. The highest BCUT2D eigenvalue weighted by atomic mass is 19.4. The van der Waals surface area contributed by atoms with Crippen molar-refractivity contribution in [3.05, 3.63) is 107 Å². The van der Waals surface area contributed by atoms with Crippen molar-refractivity contribution in [2.75, 3.05) is 0 Å². The molecule has 3 rings (SSSR count). The summed E-state index contributed by atoms with van der Waals surface area (Å²) in [6, 6.07) is 15.7. The molecule has 9 heteroatoms. The van der Waals surface area contributed by atoms with Crippen molar-refractivity contribution in [1.82, 2.24) is 15.1 Å². The number of carbonyl (C=O) groups excluding carboxylic acids is 2. The van der Waals surface area contributed by atoms with Gasteiger partial charge in [-0.2, -0.15) is 18.3 Å². The Morgan fingerprint density at radius 2 is 1.79 bits per heavy atom. The van der Waals surface area contributed by atoms with Gasteiger partial charge in [-0.3, -0.25) is 9.59 Å². The Hall–Kier alpha value is -3.98. The molecule has 0 fully saturated rings. The molecule has 0 aliphatic carbocycles. The number of aromatic nitrogens is 2. The maximum absolute atomic E-state index is 13.4. The fraction of sp³-hybridized carbons (Fsp3) is 0.160. The summed E-state index contributed by atoms with van der Waals surface area (Å²) < 4.78 is 41.0. The van der Waals surface area contributed by atoms with Gasteiger partial charge in [0, 0.05) is 29.4 Å². The minimum Gasteiger partial charge on any atom is -0.326 e. The van der Waals surface area contributed by atoms with E-state index in [1.807, 2.05) is 0 Å². The van der Waals surface area contributed by atoms with Crippen molar-refractivity contribution in [3.8, 4) is 5.69 Å². The van der Waals surface area contributed by atoms with E-state index in [2.05, 4.69) is 10.4 Å². The molecule has 0 atom stereocenters. The van der Waals surface area contributed by atoms with E-state index < -0.39 is 17.8 Å². The SMILES string of the molecule is C/C=C(\C=C(/C)NC(=O)c1cc(C(F)(F)F)nn1-c1cccc(CN)c1)C(=O)c1ccccc1. The molecule has 0 saturated carbocycles. The van der Waals surface area contributed by atoms with Gasteiger partial charge in [0.15, 0.2) is 11.5 Å². The highest BCUT2D eigenvalue weighted by Gasteiger charge is 2.36. The first-order chi connectivity index (χ1) is 16.1. The van der Waals surface area contributed by atoms with Crippen LogP contribution >= 0.6 is 0 Å². The number of allylic oxidation sites excluding steroid dienone is 4. The topological polar surface area (TPSA) is 90.0 Å². The zero-order valence-corrected chi connectivity index (χ0v) is 18.6. The Morgan fingerprint density at radius 3 is 2.41 bits per heavy atom. The van der Waals surface area contributed by atoms with Gasteiger partial charge in [0.2, 0.25) is 0 Å². The van der Waals surface area contributed by atoms with Gasteiger partial charge >= 0.3 is 6.18 Å². The lowest BCUT2D eigenvalue weighted by molar-refractivity contribution is -0.141. The Bertz CT molecular complexity index is 1260. The molecule has 34 heavy (non-hydrogen) atoms. The molecule has 176 valence electrons. The number of nitrogens with zero attached hydrogens (tertiary/aromatic N) is 2. The third kappa shape index (κ3) is 5.68. The largest absolute Gasteiger partial charge is 0.435 e. The third-order valence-corrected chi connectivity index (χ3v) is 4.92. The number of halogens is 3. The summed E-state index contributed by atoms with van der Waals surface area (Å²) in [6.45, 7) is 3.39. The number of nitrogens with one attached hydrogen (secondary N) is 1. The smallest absolute Gasteiger partial charge is 0.326 e. The molecule has 0 radical (unpaired) electrons. The van der Waals surface area contributed by atoms with Gasteiger partial charge in [-0.1, -0.05) is 48.5 Å². The predicted octanol–water partition coefficient (Wildman–Crippen LogP) is 4.81. The molecule has 0 saturated heterocycles. The molecule has 0 bridgehead atoms. The summed E-state index contributed by atoms with van der Waals surface area (Å²) in [5.74, 6) is -1.06. The summed E-state index contributed by atoms with van der Waals surface area (Å²) in [6.07, 6.45) is -1.68. The zero-order valence-electron chi connectivity index (χ0n) is 18.6. The Labute approximate surface area is 194 Å². The van der Waals surface area contributed by atoms with Gasteiger partial charge < -0.3 is 11.1 Å². The van der Waals surface area contributed by atoms with Crippen LogP contribution in [-0.4, -0.2) is 21.5 Å². The van der Waals surface area contributed by atoms with Gasteiger partial charge in [-0.05, 0) is 37.6 Å². The van der Waals surface area contributed by atoms with Crippen LogP contribution in [0.15, 0.2) is 84.1 Å². The van der Waals surface area contributed by atoms with Crippen LogP contribution in [0.2, 0.25) is 0 Å². The van der Waals surface area contributed by atoms with Crippen LogP contribution in [0.5, 0.6) is 0 Å². The Kier molecular flexibility index (Phi) is 7.47. The molecule has 2 aromatic carbocycles. The molecule has 6 nitrogen and oxygen atoms in total. The lowest BCUT2D eigenvalue weighted by Crippen LogP contribution is -2.24. The van der Waals surface area contributed by atoms with Crippen molar-refractivity contribution in [1.29, 1.82) is 0 Å². The van der Waals surface area contributed by atoms with Gasteiger partial charge in [0.1, 0.15) is 5.69 Å². The molecule has 1 amide bonds. The van der Waals surface area contributed by atoms with E-state index in [-0.39, 0.29) is 29.4 Å². The van der Waals surface area contributed by atoms with Crippen LogP contribution in [0, 0.1) is 0 Å². The van der Waals surface area contributed by atoms with Crippen LogP contribution in [0.3, 0.4) is 0 Å². The van der Waals surface area contributed by atoms with E-state index >= 15 is 0 Å². The van der Waals surface area contributed by atoms with Crippen molar-refractivity contribution in [2.45, 2.75) is 26.6 Å². The number of hydrogen-bond donors (Lipinski definition) is 2. The van der Waals surface area contributed by atoms with E-state index in [1.54, 1.807) is 68.5 Å². The summed E-state index contributed by atoms with van der Waals surface area (Å²) in [5.41, 5.74) is 6.12. The first-order valence-corrected chi connectivity index (χ1v) is 10.4. The summed E-state index contributed by atoms with van der Waals surface area (Å²) in [7, 11) is 0. The Balaban J connectivity index is 1.92. The van der Waals surface area contributed by atoms with Crippen LogP contribution in [0.1, 0.15) is 46.0 Å². The van der Waals surface area contributed by atoms with E-state index in [0.717, 1.165) is 4.68 Å². The molecule has 0 unspecified atom stereocenters. The van der Waals surface area contributed by atoms with E-state index in [4.69, 9.17) is 5.73 Å². The Morgan fingerprint density at radius 1 is 1.09 bits per heavy atom. The maximum atomic E-state index is 13.4. The monoisotopic (exact) mass is 468 g/mol. The second-order valence-corrected chi connectivity index (χ2v) is 7.42. The standard InChI is InChI=1S/C25H23F3N4O2/c1-3-18(23(33)19-9-5-4-6-10-19)12-16(2)30-24(34)21-14-22(25(26,27)28)31-32(21)20-11-7-8-17(13-20)15-29/h3-14H,15,29H2,1-2H3,(H,30,34)/b16-12+,18-3+. The number of amides is 1. The average molecular weight is 468 g/mol. The van der Waals surface area contributed by atoms with Crippen LogP contribution in [0.4, 0.5) is 13.2 Å². The number of Topliss-reactive ketones (excluding diaryl/α,β-unsaturated/α-hetero) is 1. The number of hydrogen-bond acceptors (Lipinski definition) is 4. The van der Waals surface area contributed by atoms with Gasteiger partial charge in [-0.15, -0.1) is 0 Å². The minimum atomic E-state index is -4.74. The molecule has 0 aliphatic rings. The quantitative estimate of drug-likeness (QED) is 0.296. The second kappa shape index (κ2) is 10.3. The maximum Gasteiger partial charge on any atom is 0.435 e. The van der Waals surface area contributed by atoms with Crippen LogP contribution in [-0.2, 0) is 12.7 Å². The van der Waals surface area contributed by atoms with Crippen molar-refractivity contribution >= 4 is 11.7 Å². The first-order valence-electron chi connectivity index (χ1n) is 10.4. The predicted molar refractivity (Wildman–Crippen MR) is 122 cm³/mol. The van der Waals surface area contributed by atoms with Crippen molar-refractivity contribution in [3.63, 3.8) is 0 Å². The molecular formula is C25H23F3N4O2. The fourth-order valence-corrected chi connectivity index (χ4v) is 3.24. The molecule has 1 aromatic heterocycles. The molecule has 3 aromatic rings. The zero-order chi connectivity index (χ0) is 24.9. The summed E-state index contributed by atoms with van der Waals surface area (Å²) >= 11 is 0. The normalized spacial score (nSPS) is 12.5. The summed E-state index contributed by atoms with van der Waals surface area (Å²) in [4.78, 5) is 25.6. The van der Waals surface area contributed by atoms with Crippen molar-refractivity contribution < 1.29 is 22.8 Å². The highest BCUT2D eigenvalue weighted by Crippen LogP contribution is 2.30. The molecule has 3 N–H and O–H groups in total. The number of benzene rings is 2. The molecule has 0 aliphatic heterocycles. The number of rotatable bonds is 7. The first kappa shape index (κ1) is 24.7. The number of alkyl halides is 3. The lowest BCUT2D eigenvalue weighted by Gasteiger charge is -2.10. The van der Waals surface area contributed by atoms with E-state index in [1.165, 1.54) is 12.1 Å². The molecule has 1 heterocycles. The van der Waals surface area contributed by atoms with E-state index in [0.29, 0.717) is 22.8 Å². The molecular weight excluding hydrogens is 445 g/mol. The lowest BCUT2D eigenvalue weighted by atomic mass is 10.0. The number of carbonyl (C=O) groups is 2. The summed E-state index contributed by atoms with van der Waals surface area (Å²) in [5, 5.41) is 6.15. The van der Waals surface area contributed by atoms with Crippen molar-refractivity contribution in [2.24, 2.45) is 5.73 Å². The second-order valence-electron chi connectivity index (χ2n) is 7.42.